The Hall–Kier alpha value is -3.02. The molecular formula is C25H33N3O3. The van der Waals surface area contributed by atoms with Crippen molar-refractivity contribution < 1.29 is 14.7 Å². The molecule has 0 saturated heterocycles. The van der Waals surface area contributed by atoms with E-state index in [0.29, 0.717) is 17.8 Å². The van der Waals surface area contributed by atoms with Gasteiger partial charge in [0.05, 0.1) is 0 Å². The van der Waals surface area contributed by atoms with Crippen LogP contribution in [0.1, 0.15) is 47.7 Å². The molecule has 2 aromatic carbocycles. The number of hydrogen-bond donors (Lipinski definition) is 2. The van der Waals surface area contributed by atoms with Crippen LogP contribution in [-0.4, -0.2) is 42.5 Å². The van der Waals surface area contributed by atoms with Crippen LogP contribution in [0.5, 0.6) is 5.75 Å². The molecular weight excluding hydrogens is 390 g/mol. The minimum atomic E-state index is -0.702. The molecule has 1 aliphatic rings. The van der Waals surface area contributed by atoms with Crippen molar-refractivity contribution in [1.82, 2.24) is 4.90 Å². The van der Waals surface area contributed by atoms with Gasteiger partial charge in [0.2, 0.25) is 5.91 Å². The Labute approximate surface area is 184 Å². The van der Waals surface area contributed by atoms with Gasteiger partial charge in [0, 0.05) is 37.9 Å². The molecule has 31 heavy (non-hydrogen) atoms. The summed E-state index contributed by atoms with van der Waals surface area (Å²) < 4.78 is 0. The highest BCUT2D eigenvalue weighted by molar-refractivity contribution is 5.99. The third kappa shape index (κ3) is 4.24. The van der Waals surface area contributed by atoms with E-state index in [1.807, 2.05) is 65.7 Å². The molecule has 0 bridgehead atoms. The van der Waals surface area contributed by atoms with Crippen molar-refractivity contribution in [3.05, 3.63) is 52.1 Å². The fourth-order valence-corrected chi connectivity index (χ4v) is 4.13. The highest BCUT2D eigenvalue weighted by atomic mass is 16.3. The van der Waals surface area contributed by atoms with Crippen molar-refractivity contribution in [2.75, 3.05) is 30.9 Å². The summed E-state index contributed by atoms with van der Waals surface area (Å²) in [6.45, 7) is 9.75. The van der Waals surface area contributed by atoms with Gasteiger partial charge in [0.1, 0.15) is 11.8 Å². The number of phenolic OH excluding ortho intramolecular Hbond substituents is 1. The van der Waals surface area contributed by atoms with E-state index >= 15 is 0 Å². The largest absolute Gasteiger partial charge is 0.507 e. The first kappa shape index (κ1) is 22.7. The number of aryl methyl sites for hydroxylation is 1. The maximum absolute atomic E-state index is 13.6. The van der Waals surface area contributed by atoms with Crippen LogP contribution in [0.2, 0.25) is 0 Å². The lowest BCUT2D eigenvalue weighted by Gasteiger charge is -2.38. The molecule has 0 fully saturated rings. The summed E-state index contributed by atoms with van der Waals surface area (Å²) in [4.78, 5) is 30.3. The number of phenols is 1. The Morgan fingerprint density at radius 3 is 2.42 bits per heavy atom. The summed E-state index contributed by atoms with van der Waals surface area (Å²) in [6, 6.07) is 7.20. The second kappa shape index (κ2) is 8.61. The second-order valence-electron chi connectivity index (χ2n) is 8.95. The van der Waals surface area contributed by atoms with E-state index < -0.39 is 6.04 Å². The first-order chi connectivity index (χ1) is 14.5. The number of fused-ring (bicyclic) bond motifs is 1. The molecule has 2 amide bonds. The number of anilines is 2. The molecule has 166 valence electrons. The molecule has 0 aromatic heterocycles. The van der Waals surface area contributed by atoms with Crippen molar-refractivity contribution in [3.63, 3.8) is 0 Å². The lowest BCUT2D eigenvalue weighted by molar-refractivity contribution is -0.142. The van der Waals surface area contributed by atoms with Crippen LogP contribution in [0.4, 0.5) is 11.4 Å². The molecule has 6 nitrogen and oxygen atoms in total. The van der Waals surface area contributed by atoms with Crippen molar-refractivity contribution >= 4 is 23.2 Å². The Balaban J connectivity index is 2.07. The van der Waals surface area contributed by atoms with Gasteiger partial charge in [-0.25, -0.2) is 0 Å². The average Bonchev–Trinajstić information content (AvgIpc) is 2.73. The number of carbonyl (C=O) groups is 2. The first-order valence-electron chi connectivity index (χ1n) is 10.7. The van der Waals surface area contributed by atoms with Gasteiger partial charge in [0.15, 0.2) is 0 Å². The average molecular weight is 424 g/mol. The van der Waals surface area contributed by atoms with Crippen LogP contribution in [0, 0.1) is 26.7 Å². The van der Waals surface area contributed by atoms with Gasteiger partial charge in [0.25, 0.3) is 5.91 Å². The van der Waals surface area contributed by atoms with Crippen molar-refractivity contribution in [2.24, 2.45) is 5.92 Å². The second-order valence-corrected chi connectivity index (χ2v) is 8.95. The third-order valence-electron chi connectivity index (χ3n) is 6.21. The number of amides is 2. The fourth-order valence-electron chi connectivity index (χ4n) is 4.13. The van der Waals surface area contributed by atoms with Gasteiger partial charge in [-0.2, -0.15) is 0 Å². The SMILES string of the molecule is Cc1cc(NC(=O)C2c3cc(N(C)C)ccc3CCN2C(=O)C(C)C)c(C)c(C)c1O. The minimum Gasteiger partial charge on any atom is -0.507 e. The number of benzene rings is 2. The topological polar surface area (TPSA) is 72.9 Å². The highest BCUT2D eigenvalue weighted by Gasteiger charge is 2.37. The number of carbonyl (C=O) groups excluding carboxylic acids is 2. The Bertz CT molecular complexity index is 1030. The summed E-state index contributed by atoms with van der Waals surface area (Å²) in [6.07, 6.45) is 0.724. The normalized spacial score (nSPS) is 15.6. The van der Waals surface area contributed by atoms with Gasteiger partial charge < -0.3 is 20.2 Å². The van der Waals surface area contributed by atoms with E-state index in [9.17, 15) is 14.7 Å². The molecule has 3 rings (SSSR count). The van der Waals surface area contributed by atoms with Crippen LogP contribution < -0.4 is 10.2 Å². The van der Waals surface area contributed by atoms with Crippen LogP contribution in [0.15, 0.2) is 24.3 Å². The predicted octanol–water partition coefficient (Wildman–Crippen LogP) is 4.10. The molecule has 1 unspecified atom stereocenters. The first-order valence-corrected chi connectivity index (χ1v) is 10.7. The molecule has 0 spiro atoms. The number of hydrogen-bond acceptors (Lipinski definition) is 4. The zero-order valence-electron chi connectivity index (χ0n) is 19.5. The van der Waals surface area contributed by atoms with E-state index in [1.165, 1.54) is 0 Å². The van der Waals surface area contributed by atoms with Gasteiger partial charge in [-0.1, -0.05) is 19.9 Å². The van der Waals surface area contributed by atoms with Gasteiger partial charge in [-0.3, -0.25) is 9.59 Å². The summed E-state index contributed by atoms with van der Waals surface area (Å²) in [5.74, 6) is -0.228. The van der Waals surface area contributed by atoms with E-state index in [-0.39, 0.29) is 23.5 Å². The van der Waals surface area contributed by atoms with Gasteiger partial charge in [-0.05, 0) is 73.2 Å². The predicted molar refractivity (Wildman–Crippen MR) is 125 cm³/mol. The molecule has 0 saturated carbocycles. The monoisotopic (exact) mass is 423 g/mol. The smallest absolute Gasteiger partial charge is 0.251 e. The summed E-state index contributed by atoms with van der Waals surface area (Å²) >= 11 is 0. The van der Waals surface area contributed by atoms with E-state index in [2.05, 4.69) is 11.4 Å². The maximum Gasteiger partial charge on any atom is 0.251 e. The van der Waals surface area contributed by atoms with Gasteiger partial charge in [-0.15, -0.1) is 0 Å². The van der Waals surface area contributed by atoms with E-state index in [1.54, 1.807) is 11.0 Å². The molecule has 6 heteroatoms. The maximum atomic E-state index is 13.6. The highest BCUT2D eigenvalue weighted by Crippen LogP contribution is 2.36. The van der Waals surface area contributed by atoms with Crippen LogP contribution in [-0.2, 0) is 16.0 Å². The lowest BCUT2D eigenvalue weighted by Crippen LogP contribution is -2.47. The van der Waals surface area contributed by atoms with Crippen LogP contribution >= 0.6 is 0 Å². The molecule has 0 radical (unpaired) electrons. The standard InChI is InChI=1S/C25H33N3O3/c1-14(2)25(31)28-11-10-18-8-9-19(27(6)7)13-20(18)22(28)24(30)26-21-12-15(3)23(29)17(5)16(21)4/h8-9,12-14,22,29H,10-11H2,1-7H3,(H,26,30). The zero-order valence-corrected chi connectivity index (χ0v) is 19.5. The van der Waals surface area contributed by atoms with Gasteiger partial charge >= 0.3 is 0 Å². The van der Waals surface area contributed by atoms with E-state index in [0.717, 1.165) is 34.4 Å². The third-order valence-corrected chi connectivity index (χ3v) is 6.21. The summed E-state index contributed by atoms with van der Waals surface area (Å²) in [7, 11) is 3.92. The molecule has 1 heterocycles. The summed E-state index contributed by atoms with van der Waals surface area (Å²) in [5.41, 5.74) is 5.86. The molecule has 2 N–H and O–H groups in total. The van der Waals surface area contributed by atoms with Crippen molar-refractivity contribution in [3.8, 4) is 5.75 Å². The number of rotatable bonds is 4. The van der Waals surface area contributed by atoms with Crippen molar-refractivity contribution in [2.45, 2.75) is 47.1 Å². The number of nitrogens with one attached hydrogen (secondary N) is 1. The summed E-state index contributed by atoms with van der Waals surface area (Å²) in [5, 5.41) is 13.3. The Morgan fingerprint density at radius 1 is 1.13 bits per heavy atom. The quantitative estimate of drug-likeness (QED) is 0.726. The zero-order chi connectivity index (χ0) is 23.0. The van der Waals surface area contributed by atoms with E-state index in [4.69, 9.17) is 0 Å². The molecule has 0 aliphatic carbocycles. The lowest BCUT2D eigenvalue weighted by atomic mass is 9.90. The number of nitrogens with zero attached hydrogens (tertiary/aromatic N) is 2. The molecule has 1 aliphatic heterocycles. The van der Waals surface area contributed by atoms with Crippen LogP contribution in [0.3, 0.4) is 0 Å². The fraction of sp³-hybridized carbons (Fsp3) is 0.440. The van der Waals surface area contributed by atoms with Crippen LogP contribution in [0.25, 0.3) is 0 Å². The molecule has 1 atom stereocenters. The Kier molecular flexibility index (Phi) is 6.30. The van der Waals surface area contributed by atoms with Crippen molar-refractivity contribution in [1.29, 1.82) is 0 Å². The number of aromatic hydroxyl groups is 1. The molecule has 2 aromatic rings. The Morgan fingerprint density at radius 2 is 1.81 bits per heavy atom. The minimum absolute atomic E-state index is 0.0316.